The van der Waals surface area contributed by atoms with Gasteiger partial charge in [-0.05, 0) is 30.4 Å². The summed E-state index contributed by atoms with van der Waals surface area (Å²) in [5.74, 6) is 0. The van der Waals surface area contributed by atoms with E-state index < -0.39 is 0 Å². The molecule has 0 aliphatic heterocycles. The molecule has 0 fully saturated rings. The lowest BCUT2D eigenvalue weighted by Gasteiger charge is -2.09. The summed E-state index contributed by atoms with van der Waals surface area (Å²) in [6, 6.07) is 10.5. The van der Waals surface area contributed by atoms with Crippen LogP contribution in [0.15, 0.2) is 30.5 Å². The van der Waals surface area contributed by atoms with E-state index in [1.54, 1.807) is 0 Å². The Morgan fingerprint density at radius 3 is 2.94 bits per heavy atom. The fraction of sp³-hybridized carbons (Fsp3) is 0.308. The molecular formula is C13H15N3. The average molecular weight is 213 g/mol. The minimum atomic E-state index is 0.135. The van der Waals surface area contributed by atoms with Gasteiger partial charge in [0.1, 0.15) is 6.54 Å². The first-order valence-corrected chi connectivity index (χ1v) is 5.41. The normalized spacial score (nSPS) is 12.6. The lowest BCUT2D eigenvalue weighted by atomic mass is 10.0. The summed E-state index contributed by atoms with van der Waals surface area (Å²) in [5.41, 5.74) is 8.19. The summed E-state index contributed by atoms with van der Waals surface area (Å²) in [6.45, 7) is 2.38. The van der Waals surface area contributed by atoms with E-state index in [-0.39, 0.29) is 6.04 Å². The molecule has 0 amide bonds. The summed E-state index contributed by atoms with van der Waals surface area (Å²) in [4.78, 5) is 0. The largest absolute Gasteiger partial charge is 0.333 e. The number of hydrogen-bond acceptors (Lipinski definition) is 2. The second-order valence-corrected chi connectivity index (χ2v) is 4.14. The maximum Gasteiger partial charge on any atom is 0.110 e. The fourth-order valence-electron chi connectivity index (χ4n) is 2.06. The van der Waals surface area contributed by atoms with E-state index in [0.29, 0.717) is 6.54 Å². The molecule has 1 atom stereocenters. The Morgan fingerprint density at radius 1 is 1.44 bits per heavy atom. The minimum Gasteiger partial charge on any atom is -0.333 e. The number of para-hydroxylation sites is 1. The van der Waals surface area contributed by atoms with Crippen LogP contribution in [0.3, 0.4) is 0 Å². The molecule has 3 nitrogen and oxygen atoms in total. The van der Waals surface area contributed by atoms with Crippen LogP contribution < -0.4 is 5.73 Å². The Bertz CT molecular complexity index is 532. The van der Waals surface area contributed by atoms with Crippen molar-refractivity contribution in [3.8, 4) is 6.07 Å². The van der Waals surface area contributed by atoms with Crippen molar-refractivity contribution in [2.45, 2.75) is 25.9 Å². The number of benzene rings is 1. The molecule has 82 valence electrons. The topological polar surface area (TPSA) is 54.7 Å². The van der Waals surface area contributed by atoms with E-state index in [2.05, 4.69) is 18.2 Å². The fourth-order valence-corrected chi connectivity index (χ4v) is 2.06. The van der Waals surface area contributed by atoms with Crippen LogP contribution >= 0.6 is 0 Å². The van der Waals surface area contributed by atoms with Gasteiger partial charge in [-0.25, -0.2) is 0 Å². The molecule has 1 heterocycles. The standard InChI is InChI=1S/C13H15N3/c1-10(15)9-12-4-2-3-11-5-7-16(8-6-14)13(11)12/h2-5,7,10H,8-9,15H2,1H3. The predicted molar refractivity (Wildman–Crippen MR) is 64.9 cm³/mol. The highest BCUT2D eigenvalue weighted by molar-refractivity contribution is 5.83. The number of hydrogen-bond donors (Lipinski definition) is 1. The Hall–Kier alpha value is -1.79. The number of aromatic nitrogens is 1. The highest BCUT2D eigenvalue weighted by atomic mass is 14.9. The van der Waals surface area contributed by atoms with E-state index in [4.69, 9.17) is 11.0 Å². The van der Waals surface area contributed by atoms with Gasteiger partial charge in [0.2, 0.25) is 0 Å². The lowest BCUT2D eigenvalue weighted by molar-refractivity contribution is 0.736. The highest BCUT2D eigenvalue weighted by Crippen LogP contribution is 2.21. The molecule has 0 radical (unpaired) electrons. The zero-order valence-corrected chi connectivity index (χ0v) is 9.35. The third-order valence-electron chi connectivity index (χ3n) is 2.65. The first-order chi connectivity index (χ1) is 7.72. The third-order valence-corrected chi connectivity index (χ3v) is 2.65. The molecule has 0 saturated heterocycles. The quantitative estimate of drug-likeness (QED) is 0.848. The van der Waals surface area contributed by atoms with Crippen molar-refractivity contribution in [1.82, 2.24) is 4.57 Å². The van der Waals surface area contributed by atoms with Gasteiger partial charge in [0.05, 0.1) is 11.6 Å². The zero-order valence-electron chi connectivity index (χ0n) is 9.35. The van der Waals surface area contributed by atoms with Crippen molar-refractivity contribution in [2.75, 3.05) is 0 Å². The van der Waals surface area contributed by atoms with Gasteiger partial charge in [-0.2, -0.15) is 5.26 Å². The third kappa shape index (κ3) is 1.93. The van der Waals surface area contributed by atoms with Gasteiger partial charge >= 0.3 is 0 Å². The minimum absolute atomic E-state index is 0.135. The van der Waals surface area contributed by atoms with E-state index in [0.717, 1.165) is 11.9 Å². The van der Waals surface area contributed by atoms with E-state index >= 15 is 0 Å². The van der Waals surface area contributed by atoms with Crippen LogP contribution in [-0.4, -0.2) is 10.6 Å². The smallest absolute Gasteiger partial charge is 0.110 e. The Balaban J connectivity index is 2.55. The maximum atomic E-state index is 8.77. The predicted octanol–water partition coefficient (Wildman–Crippen LogP) is 2.05. The second kappa shape index (κ2) is 4.38. The first kappa shape index (κ1) is 10.7. The zero-order chi connectivity index (χ0) is 11.5. The second-order valence-electron chi connectivity index (χ2n) is 4.14. The van der Waals surface area contributed by atoms with Crippen LogP contribution in [0.2, 0.25) is 0 Å². The van der Waals surface area contributed by atoms with Gasteiger partial charge in [0, 0.05) is 12.2 Å². The summed E-state index contributed by atoms with van der Waals surface area (Å²) in [6.07, 6.45) is 2.80. The van der Waals surface area contributed by atoms with Crippen LogP contribution in [0.4, 0.5) is 0 Å². The van der Waals surface area contributed by atoms with Crippen LogP contribution in [0, 0.1) is 11.3 Å². The molecule has 0 bridgehead atoms. The van der Waals surface area contributed by atoms with E-state index in [1.165, 1.54) is 10.9 Å². The number of fused-ring (bicyclic) bond motifs is 1. The van der Waals surface area contributed by atoms with E-state index in [9.17, 15) is 0 Å². The highest BCUT2D eigenvalue weighted by Gasteiger charge is 2.07. The first-order valence-electron chi connectivity index (χ1n) is 5.41. The number of nitrogens with two attached hydrogens (primary N) is 1. The SMILES string of the molecule is CC(N)Cc1cccc2ccn(CC#N)c12. The maximum absolute atomic E-state index is 8.77. The molecular weight excluding hydrogens is 198 g/mol. The molecule has 16 heavy (non-hydrogen) atoms. The molecule has 2 rings (SSSR count). The molecule has 0 aliphatic carbocycles. The van der Waals surface area contributed by atoms with E-state index in [1.807, 2.05) is 29.8 Å². The monoisotopic (exact) mass is 213 g/mol. The van der Waals surface area contributed by atoms with Crippen molar-refractivity contribution in [1.29, 1.82) is 5.26 Å². The van der Waals surface area contributed by atoms with Crippen molar-refractivity contribution in [3.63, 3.8) is 0 Å². The molecule has 2 N–H and O–H groups in total. The number of rotatable bonds is 3. The summed E-state index contributed by atoms with van der Waals surface area (Å²) >= 11 is 0. The molecule has 0 saturated carbocycles. The summed E-state index contributed by atoms with van der Waals surface area (Å²) in [7, 11) is 0. The van der Waals surface area contributed by atoms with Gasteiger partial charge in [-0.15, -0.1) is 0 Å². The number of nitriles is 1. The van der Waals surface area contributed by atoms with Gasteiger partial charge < -0.3 is 10.3 Å². The Kier molecular flexibility index (Phi) is 2.93. The van der Waals surface area contributed by atoms with Crippen LogP contribution in [0.1, 0.15) is 12.5 Å². The number of nitrogens with zero attached hydrogens (tertiary/aromatic N) is 2. The average Bonchev–Trinajstić information content (AvgIpc) is 2.62. The molecule has 1 aromatic heterocycles. The van der Waals surface area contributed by atoms with Gasteiger partial charge in [0.15, 0.2) is 0 Å². The van der Waals surface area contributed by atoms with Gasteiger partial charge in [-0.1, -0.05) is 18.2 Å². The molecule has 0 aliphatic rings. The van der Waals surface area contributed by atoms with Crippen molar-refractivity contribution < 1.29 is 0 Å². The molecule has 1 unspecified atom stereocenters. The van der Waals surface area contributed by atoms with Crippen molar-refractivity contribution in [3.05, 3.63) is 36.0 Å². The van der Waals surface area contributed by atoms with Crippen LogP contribution in [-0.2, 0) is 13.0 Å². The Morgan fingerprint density at radius 2 is 2.25 bits per heavy atom. The van der Waals surface area contributed by atoms with Crippen LogP contribution in [0.5, 0.6) is 0 Å². The van der Waals surface area contributed by atoms with Crippen molar-refractivity contribution >= 4 is 10.9 Å². The van der Waals surface area contributed by atoms with Crippen molar-refractivity contribution in [2.24, 2.45) is 5.73 Å². The molecule has 0 spiro atoms. The lowest BCUT2D eigenvalue weighted by Crippen LogP contribution is -2.18. The van der Waals surface area contributed by atoms with Gasteiger partial charge in [0.25, 0.3) is 0 Å². The Labute approximate surface area is 95.1 Å². The summed E-state index contributed by atoms with van der Waals surface area (Å²) < 4.78 is 1.98. The van der Waals surface area contributed by atoms with Crippen LogP contribution in [0.25, 0.3) is 10.9 Å². The summed E-state index contributed by atoms with van der Waals surface area (Å²) in [5, 5.41) is 9.95. The van der Waals surface area contributed by atoms with Gasteiger partial charge in [-0.3, -0.25) is 0 Å². The molecule has 1 aromatic carbocycles. The molecule has 2 aromatic rings. The molecule has 3 heteroatoms.